The maximum absolute atomic E-state index is 12.8. The molecule has 2 aromatic carbocycles. The molecule has 3 aromatic rings. The zero-order valence-electron chi connectivity index (χ0n) is 14.7. The molecule has 6 heteroatoms. The molecule has 0 bridgehead atoms. The number of amides is 1. The number of nitrogens with zero attached hydrogens (tertiary/aromatic N) is 1. The Hall–Kier alpha value is -2.63. The molecule has 1 aliphatic carbocycles. The first kappa shape index (κ1) is 17.8. The highest BCUT2D eigenvalue weighted by Gasteiger charge is 2.34. The van der Waals surface area contributed by atoms with Crippen molar-refractivity contribution in [2.24, 2.45) is 0 Å². The summed E-state index contributed by atoms with van der Waals surface area (Å²) in [6, 6.07) is 15.1. The van der Waals surface area contributed by atoms with E-state index in [-0.39, 0.29) is 12.5 Å². The Kier molecular flexibility index (Phi) is 4.72. The van der Waals surface area contributed by atoms with Gasteiger partial charge in [-0.15, -0.1) is 0 Å². The molecule has 1 aliphatic rings. The summed E-state index contributed by atoms with van der Waals surface area (Å²) in [7, 11) is 0. The fraction of sp³-hybridized carbons (Fsp3) is 0.238. The van der Waals surface area contributed by atoms with E-state index in [1.165, 1.54) is 6.20 Å². The summed E-state index contributed by atoms with van der Waals surface area (Å²) < 4.78 is 0. The Morgan fingerprint density at radius 1 is 1.26 bits per heavy atom. The third-order valence-corrected chi connectivity index (χ3v) is 5.33. The van der Waals surface area contributed by atoms with Crippen LogP contribution in [0, 0.1) is 0 Å². The normalized spacial score (nSPS) is 18.7. The predicted molar refractivity (Wildman–Crippen MR) is 105 cm³/mol. The number of H-pyrrole nitrogens is 1. The van der Waals surface area contributed by atoms with Crippen LogP contribution in [0.3, 0.4) is 0 Å². The van der Waals surface area contributed by atoms with E-state index in [2.05, 4.69) is 15.5 Å². The maximum atomic E-state index is 12.8. The second kappa shape index (κ2) is 7.18. The number of hydrogen-bond acceptors (Lipinski definition) is 3. The number of benzene rings is 2. The zero-order chi connectivity index (χ0) is 18.9. The second-order valence-electron chi connectivity index (χ2n) is 6.89. The van der Waals surface area contributed by atoms with E-state index in [0.29, 0.717) is 22.7 Å². The largest absolute Gasteiger partial charge is 0.383 e. The minimum Gasteiger partial charge on any atom is -0.383 e. The van der Waals surface area contributed by atoms with Crippen molar-refractivity contribution in [3.8, 4) is 11.3 Å². The third kappa shape index (κ3) is 3.48. The summed E-state index contributed by atoms with van der Waals surface area (Å²) >= 11 is 6.05. The van der Waals surface area contributed by atoms with E-state index in [9.17, 15) is 9.90 Å². The fourth-order valence-electron chi connectivity index (χ4n) is 3.73. The summed E-state index contributed by atoms with van der Waals surface area (Å²) in [5.74, 6) is -0.282. The van der Waals surface area contributed by atoms with Crippen LogP contribution in [0.25, 0.3) is 11.3 Å². The topological polar surface area (TPSA) is 78.0 Å². The summed E-state index contributed by atoms with van der Waals surface area (Å²) in [5, 5.41) is 21.5. The molecule has 3 N–H and O–H groups in total. The molecule has 0 spiro atoms. The molecule has 1 heterocycles. The second-order valence-corrected chi connectivity index (χ2v) is 7.33. The van der Waals surface area contributed by atoms with Crippen LogP contribution in [0.4, 0.5) is 0 Å². The van der Waals surface area contributed by atoms with Crippen LogP contribution < -0.4 is 5.32 Å². The first-order valence-electron chi connectivity index (χ1n) is 8.95. The van der Waals surface area contributed by atoms with Crippen molar-refractivity contribution in [2.75, 3.05) is 6.54 Å². The minimum atomic E-state index is -1.05. The van der Waals surface area contributed by atoms with Gasteiger partial charge in [-0.3, -0.25) is 9.89 Å². The molecule has 1 aromatic heterocycles. The summed E-state index contributed by atoms with van der Waals surface area (Å²) in [5.41, 5.74) is 2.80. The van der Waals surface area contributed by atoms with Gasteiger partial charge in [0.15, 0.2) is 0 Å². The van der Waals surface area contributed by atoms with E-state index >= 15 is 0 Å². The van der Waals surface area contributed by atoms with Gasteiger partial charge < -0.3 is 10.4 Å². The summed E-state index contributed by atoms with van der Waals surface area (Å²) in [6.07, 6.45) is 3.96. The van der Waals surface area contributed by atoms with Crippen LogP contribution in [-0.4, -0.2) is 27.8 Å². The molecule has 0 saturated heterocycles. The summed E-state index contributed by atoms with van der Waals surface area (Å²) in [6.45, 7) is 0.156. The van der Waals surface area contributed by atoms with Crippen molar-refractivity contribution in [3.63, 3.8) is 0 Å². The van der Waals surface area contributed by atoms with Crippen molar-refractivity contribution in [2.45, 2.75) is 24.9 Å². The number of fused-ring (bicyclic) bond motifs is 1. The Bertz CT molecular complexity index is 985. The van der Waals surface area contributed by atoms with E-state index in [1.54, 1.807) is 12.1 Å². The molecule has 0 radical (unpaired) electrons. The average molecular weight is 382 g/mol. The van der Waals surface area contributed by atoms with Crippen molar-refractivity contribution >= 4 is 17.5 Å². The quantitative estimate of drug-likeness (QED) is 0.645. The minimum absolute atomic E-state index is 0.156. The van der Waals surface area contributed by atoms with E-state index in [4.69, 9.17) is 11.6 Å². The average Bonchev–Trinajstić information content (AvgIpc) is 3.17. The Balaban J connectivity index is 1.54. The van der Waals surface area contributed by atoms with Gasteiger partial charge in [-0.25, -0.2) is 0 Å². The van der Waals surface area contributed by atoms with Crippen LogP contribution in [0.5, 0.6) is 0 Å². The molecule has 0 aliphatic heterocycles. The van der Waals surface area contributed by atoms with Gasteiger partial charge >= 0.3 is 0 Å². The number of aryl methyl sites for hydroxylation is 1. The highest BCUT2D eigenvalue weighted by Crippen LogP contribution is 2.34. The van der Waals surface area contributed by atoms with Crippen LogP contribution in [0.1, 0.15) is 34.3 Å². The number of rotatable bonds is 4. The lowest BCUT2D eigenvalue weighted by molar-refractivity contribution is 0.0189. The standard InChI is InChI=1S/C21H20ClN3O2/c22-16-8-3-6-15(11-16)19-17(12-24-25-19)20(26)23-13-21(27)10-4-7-14-5-1-2-9-18(14)21/h1-3,5-6,8-9,11-12,27H,4,7,10,13H2,(H,23,26)(H,24,25). The number of carbonyl (C=O) groups is 1. The van der Waals surface area contributed by atoms with Gasteiger partial charge in [0, 0.05) is 10.6 Å². The van der Waals surface area contributed by atoms with Crippen molar-refractivity contribution in [3.05, 3.63) is 76.4 Å². The molecule has 1 unspecified atom stereocenters. The number of aliphatic hydroxyl groups is 1. The third-order valence-electron chi connectivity index (χ3n) is 5.09. The molecule has 4 rings (SSSR count). The molecule has 138 valence electrons. The van der Waals surface area contributed by atoms with Crippen molar-refractivity contribution in [1.82, 2.24) is 15.5 Å². The number of nitrogens with one attached hydrogen (secondary N) is 2. The van der Waals surface area contributed by atoms with E-state index in [1.807, 2.05) is 36.4 Å². The molecule has 0 saturated carbocycles. The number of halogens is 1. The lowest BCUT2D eigenvalue weighted by Crippen LogP contribution is -2.43. The molecule has 1 atom stereocenters. The van der Waals surface area contributed by atoms with Crippen LogP contribution >= 0.6 is 11.6 Å². The Morgan fingerprint density at radius 2 is 2.11 bits per heavy atom. The van der Waals surface area contributed by atoms with Crippen LogP contribution in [0.15, 0.2) is 54.7 Å². The van der Waals surface area contributed by atoms with Crippen LogP contribution in [0.2, 0.25) is 5.02 Å². The highest BCUT2D eigenvalue weighted by atomic mass is 35.5. The van der Waals surface area contributed by atoms with Crippen molar-refractivity contribution in [1.29, 1.82) is 0 Å². The highest BCUT2D eigenvalue weighted by molar-refractivity contribution is 6.30. The first-order valence-corrected chi connectivity index (χ1v) is 9.33. The molecular weight excluding hydrogens is 362 g/mol. The predicted octanol–water partition coefficient (Wildman–Crippen LogP) is 3.68. The first-order chi connectivity index (χ1) is 13.1. The van der Waals surface area contributed by atoms with Gasteiger partial charge in [0.2, 0.25) is 0 Å². The number of aromatic amines is 1. The van der Waals surface area contributed by atoms with Gasteiger partial charge in [0.05, 0.1) is 24.0 Å². The van der Waals surface area contributed by atoms with Gasteiger partial charge in [-0.2, -0.15) is 5.10 Å². The number of aromatic nitrogens is 2. The number of carbonyl (C=O) groups excluding carboxylic acids is 1. The van der Waals surface area contributed by atoms with E-state index in [0.717, 1.165) is 29.5 Å². The number of hydrogen-bond donors (Lipinski definition) is 3. The molecule has 1 amide bonds. The van der Waals surface area contributed by atoms with Gasteiger partial charge in [0.25, 0.3) is 5.91 Å². The maximum Gasteiger partial charge on any atom is 0.255 e. The van der Waals surface area contributed by atoms with Gasteiger partial charge in [-0.1, -0.05) is 48.0 Å². The van der Waals surface area contributed by atoms with E-state index < -0.39 is 5.60 Å². The SMILES string of the molecule is O=C(NCC1(O)CCCc2ccccc21)c1cn[nH]c1-c1cccc(Cl)c1. The van der Waals surface area contributed by atoms with Gasteiger partial charge in [0.1, 0.15) is 5.60 Å². The Morgan fingerprint density at radius 3 is 2.96 bits per heavy atom. The molecule has 27 heavy (non-hydrogen) atoms. The lowest BCUT2D eigenvalue weighted by Gasteiger charge is -2.34. The smallest absolute Gasteiger partial charge is 0.255 e. The summed E-state index contributed by atoms with van der Waals surface area (Å²) in [4.78, 5) is 12.8. The monoisotopic (exact) mass is 381 g/mol. The molecule has 5 nitrogen and oxygen atoms in total. The fourth-order valence-corrected chi connectivity index (χ4v) is 3.92. The van der Waals surface area contributed by atoms with Crippen LogP contribution in [-0.2, 0) is 12.0 Å². The lowest BCUT2D eigenvalue weighted by atomic mass is 9.79. The van der Waals surface area contributed by atoms with Crippen molar-refractivity contribution < 1.29 is 9.90 Å². The van der Waals surface area contributed by atoms with Gasteiger partial charge in [-0.05, 0) is 42.5 Å². The molecule has 0 fully saturated rings. The zero-order valence-corrected chi connectivity index (χ0v) is 15.5. The Labute approximate surface area is 162 Å². The molecular formula is C21H20ClN3O2.